The average Bonchev–Trinajstić information content (AvgIpc) is 2.73. The van der Waals surface area contributed by atoms with Gasteiger partial charge in [0.05, 0.1) is 6.61 Å². The molecule has 0 amide bonds. The van der Waals surface area contributed by atoms with E-state index >= 15 is 0 Å². The van der Waals surface area contributed by atoms with Crippen LogP contribution in [0.4, 0.5) is 0 Å². The molecule has 0 saturated carbocycles. The summed E-state index contributed by atoms with van der Waals surface area (Å²) < 4.78 is 6.43. The van der Waals surface area contributed by atoms with Gasteiger partial charge in [-0.15, -0.1) is 0 Å². The smallest absolute Gasteiger partial charge is 0.108 e. The number of hydrogen-bond donors (Lipinski definition) is 0. The largest absolute Gasteiger partial charge is 0.367 e. The second kappa shape index (κ2) is 9.87. The van der Waals surface area contributed by atoms with Gasteiger partial charge in [-0.3, -0.25) is 4.90 Å². The third-order valence-corrected chi connectivity index (χ3v) is 5.71. The monoisotopic (exact) mass is 387 g/mol. The van der Waals surface area contributed by atoms with Crippen molar-refractivity contribution in [2.45, 2.75) is 38.8 Å². The van der Waals surface area contributed by atoms with Crippen molar-refractivity contribution in [2.24, 2.45) is 0 Å². The van der Waals surface area contributed by atoms with Gasteiger partial charge in [-0.1, -0.05) is 90.5 Å². The SMILES string of the molecule is Cc1ccc(C(OCCN(C)C(C)(C)Cc2ccccc2)c2ccccc2)cc1. The molecule has 3 aromatic carbocycles. The van der Waals surface area contributed by atoms with Crippen molar-refractivity contribution in [2.75, 3.05) is 20.2 Å². The molecule has 0 aliphatic carbocycles. The van der Waals surface area contributed by atoms with Gasteiger partial charge in [0.2, 0.25) is 0 Å². The molecular weight excluding hydrogens is 354 g/mol. The molecule has 0 N–H and O–H groups in total. The van der Waals surface area contributed by atoms with Crippen molar-refractivity contribution in [1.82, 2.24) is 4.90 Å². The van der Waals surface area contributed by atoms with E-state index in [1.165, 1.54) is 22.3 Å². The maximum absolute atomic E-state index is 6.43. The van der Waals surface area contributed by atoms with Gasteiger partial charge in [-0.2, -0.15) is 0 Å². The first-order chi connectivity index (χ1) is 14.0. The molecule has 0 fully saturated rings. The van der Waals surface area contributed by atoms with E-state index in [2.05, 4.69) is 118 Å². The quantitative estimate of drug-likeness (QED) is 0.443. The van der Waals surface area contributed by atoms with Crippen molar-refractivity contribution < 1.29 is 4.74 Å². The Hall–Kier alpha value is -2.42. The Kier molecular flexibility index (Phi) is 7.24. The van der Waals surface area contributed by atoms with Crippen LogP contribution in [0.3, 0.4) is 0 Å². The molecule has 0 heterocycles. The number of benzene rings is 3. The molecule has 2 nitrogen and oxygen atoms in total. The summed E-state index contributed by atoms with van der Waals surface area (Å²) in [6.07, 6.45) is 0.979. The summed E-state index contributed by atoms with van der Waals surface area (Å²) in [6, 6.07) is 29.9. The molecule has 2 heteroatoms. The molecule has 0 radical (unpaired) electrons. The summed E-state index contributed by atoms with van der Waals surface area (Å²) in [4.78, 5) is 2.40. The molecule has 3 rings (SSSR count). The number of rotatable bonds is 9. The van der Waals surface area contributed by atoms with E-state index in [1.54, 1.807) is 0 Å². The second-order valence-corrected chi connectivity index (χ2v) is 8.47. The Morgan fingerprint density at radius 1 is 0.793 bits per heavy atom. The van der Waals surface area contributed by atoms with E-state index in [1.807, 2.05) is 0 Å². The molecule has 1 unspecified atom stereocenters. The van der Waals surface area contributed by atoms with Crippen LogP contribution in [0.25, 0.3) is 0 Å². The number of likely N-dealkylation sites (N-methyl/N-ethyl adjacent to an activating group) is 1. The zero-order valence-electron chi connectivity index (χ0n) is 18.1. The minimum absolute atomic E-state index is 0.0394. The van der Waals surface area contributed by atoms with Gasteiger partial charge in [0, 0.05) is 12.1 Å². The molecule has 3 aromatic rings. The van der Waals surface area contributed by atoms with E-state index < -0.39 is 0 Å². The predicted octanol–water partition coefficient (Wildman–Crippen LogP) is 6.05. The molecule has 0 aromatic heterocycles. The first-order valence-electron chi connectivity index (χ1n) is 10.4. The first-order valence-corrected chi connectivity index (χ1v) is 10.4. The number of hydrogen-bond acceptors (Lipinski definition) is 2. The molecule has 152 valence electrons. The van der Waals surface area contributed by atoms with Gasteiger partial charge in [0.1, 0.15) is 6.10 Å². The maximum atomic E-state index is 6.43. The summed E-state index contributed by atoms with van der Waals surface area (Å²) in [6.45, 7) is 8.28. The lowest BCUT2D eigenvalue weighted by Gasteiger charge is -2.36. The summed E-state index contributed by atoms with van der Waals surface area (Å²) in [5.74, 6) is 0. The maximum Gasteiger partial charge on any atom is 0.108 e. The number of aryl methyl sites for hydroxylation is 1. The fourth-order valence-electron chi connectivity index (χ4n) is 3.59. The summed E-state index contributed by atoms with van der Waals surface area (Å²) >= 11 is 0. The molecule has 0 aliphatic rings. The highest BCUT2D eigenvalue weighted by Gasteiger charge is 2.24. The molecule has 1 atom stereocenters. The van der Waals surface area contributed by atoms with E-state index in [0.717, 1.165) is 13.0 Å². The zero-order valence-corrected chi connectivity index (χ0v) is 18.1. The van der Waals surface area contributed by atoms with E-state index in [4.69, 9.17) is 4.74 Å². The van der Waals surface area contributed by atoms with Gasteiger partial charge < -0.3 is 4.74 Å². The van der Waals surface area contributed by atoms with Crippen LogP contribution in [0, 0.1) is 6.92 Å². The van der Waals surface area contributed by atoms with Crippen LogP contribution < -0.4 is 0 Å². The summed E-state index contributed by atoms with van der Waals surface area (Å²) in [5, 5.41) is 0. The van der Waals surface area contributed by atoms with Crippen LogP contribution >= 0.6 is 0 Å². The third-order valence-electron chi connectivity index (χ3n) is 5.71. The minimum Gasteiger partial charge on any atom is -0.367 e. The van der Waals surface area contributed by atoms with Crippen LogP contribution in [0.15, 0.2) is 84.9 Å². The second-order valence-electron chi connectivity index (χ2n) is 8.47. The van der Waals surface area contributed by atoms with Gasteiger partial charge in [0.25, 0.3) is 0 Å². The van der Waals surface area contributed by atoms with E-state index in [9.17, 15) is 0 Å². The Morgan fingerprint density at radius 2 is 1.34 bits per heavy atom. The summed E-state index contributed by atoms with van der Waals surface area (Å²) in [7, 11) is 2.19. The van der Waals surface area contributed by atoms with Gasteiger partial charge in [0.15, 0.2) is 0 Å². The van der Waals surface area contributed by atoms with Crippen LogP contribution in [0.1, 0.15) is 42.2 Å². The van der Waals surface area contributed by atoms with E-state index in [-0.39, 0.29) is 11.6 Å². The van der Waals surface area contributed by atoms with Gasteiger partial charge in [-0.25, -0.2) is 0 Å². The summed E-state index contributed by atoms with van der Waals surface area (Å²) in [5.41, 5.74) is 5.10. The zero-order chi connectivity index (χ0) is 20.7. The highest BCUT2D eigenvalue weighted by molar-refractivity contribution is 5.31. The van der Waals surface area contributed by atoms with Crippen LogP contribution in [0.5, 0.6) is 0 Å². The van der Waals surface area contributed by atoms with Crippen molar-refractivity contribution >= 4 is 0 Å². The van der Waals surface area contributed by atoms with Crippen molar-refractivity contribution in [3.05, 3.63) is 107 Å². The van der Waals surface area contributed by atoms with Crippen LogP contribution in [0.2, 0.25) is 0 Å². The lowest BCUT2D eigenvalue weighted by molar-refractivity contribution is 0.0422. The van der Waals surface area contributed by atoms with Crippen LogP contribution in [-0.2, 0) is 11.2 Å². The average molecular weight is 388 g/mol. The van der Waals surface area contributed by atoms with Crippen molar-refractivity contribution in [1.29, 1.82) is 0 Å². The Bertz CT molecular complexity index is 856. The fourth-order valence-corrected chi connectivity index (χ4v) is 3.59. The molecule has 0 bridgehead atoms. The van der Waals surface area contributed by atoms with Gasteiger partial charge in [-0.05, 0) is 50.9 Å². The van der Waals surface area contributed by atoms with Crippen molar-refractivity contribution in [3.8, 4) is 0 Å². The highest BCUT2D eigenvalue weighted by Crippen LogP contribution is 2.26. The Labute approximate surface area is 176 Å². The lowest BCUT2D eigenvalue weighted by atomic mass is 9.93. The van der Waals surface area contributed by atoms with Crippen molar-refractivity contribution in [3.63, 3.8) is 0 Å². The number of ether oxygens (including phenoxy) is 1. The molecule has 0 saturated heterocycles. The molecule has 0 spiro atoms. The fraction of sp³-hybridized carbons (Fsp3) is 0.333. The lowest BCUT2D eigenvalue weighted by Crippen LogP contribution is -2.44. The molecular formula is C27H33NO. The Balaban J connectivity index is 1.64. The number of nitrogens with zero attached hydrogens (tertiary/aromatic N) is 1. The van der Waals surface area contributed by atoms with Gasteiger partial charge >= 0.3 is 0 Å². The standard InChI is InChI=1S/C27H33NO/c1-22-15-17-25(18-16-22)26(24-13-9-6-10-14-24)29-20-19-28(4)27(2,3)21-23-11-7-5-8-12-23/h5-18,26H,19-21H2,1-4H3. The first kappa shape index (κ1) is 21.3. The van der Waals surface area contributed by atoms with E-state index in [0.29, 0.717) is 6.61 Å². The topological polar surface area (TPSA) is 12.5 Å². The predicted molar refractivity (Wildman–Crippen MR) is 122 cm³/mol. The normalized spacial score (nSPS) is 12.9. The van der Waals surface area contributed by atoms with Crippen LogP contribution in [-0.4, -0.2) is 30.6 Å². The minimum atomic E-state index is -0.0394. The highest BCUT2D eigenvalue weighted by atomic mass is 16.5. The molecule has 29 heavy (non-hydrogen) atoms. The molecule has 0 aliphatic heterocycles. The Morgan fingerprint density at radius 3 is 1.97 bits per heavy atom. The third kappa shape index (κ3) is 6.03.